The molecule has 1 fully saturated rings. The second kappa shape index (κ2) is 6.20. The van der Waals surface area contributed by atoms with Gasteiger partial charge in [0.05, 0.1) is 0 Å². The van der Waals surface area contributed by atoms with Crippen molar-refractivity contribution in [1.82, 2.24) is 5.32 Å². The predicted octanol–water partition coefficient (Wildman–Crippen LogP) is 2.80. The predicted molar refractivity (Wildman–Crippen MR) is 79.6 cm³/mol. The Kier molecular flexibility index (Phi) is 4.59. The molecule has 19 heavy (non-hydrogen) atoms. The zero-order chi connectivity index (χ0) is 13.8. The molecule has 1 aromatic rings. The van der Waals surface area contributed by atoms with Gasteiger partial charge in [0.2, 0.25) is 5.91 Å². The van der Waals surface area contributed by atoms with Gasteiger partial charge < -0.3 is 10.2 Å². The Morgan fingerprint density at radius 2 is 2.16 bits per heavy atom. The summed E-state index contributed by atoms with van der Waals surface area (Å²) in [5.74, 6) is 0.200. The number of piperidine rings is 1. The molecule has 1 aliphatic rings. The molecule has 1 unspecified atom stereocenters. The molecule has 0 saturated carbocycles. The van der Waals surface area contributed by atoms with Crippen LogP contribution in [0.15, 0.2) is 18.2 Å². The van der Waals surface area contributed by atoms with Crippen LogP contribution in [0, 0.1) is 13.8 Å². The molecular weight excluding hydrogens is 236 g/mol. The molecule has 0 radical (unpaired) electrons. The minimum Gasteiger partial charge on any atom is -0.315 e. The molecule has 3 nitrogen and oxygen atoms in total. The number of benzene rings is 1. The SMILES string of the molecule is Cc1ccc(N(C)C(=O)CC2CCCCN2)c(C)c1. The number of nitrogens with one attached hydrogen (secondary N) is 1. The van der Waals surface area contributed by atoms with Gasteiger partial charge in [0.15, 0.2) is 0 Å². The van der Waals surface area contributed by atoms with Crippen LogP contribution in [0.5, 0.6) is 0 Å². The van der Waals surface area contributed by atoms with Gasteiger partial charge in [-0.3, -0.25) is 4.79 Å². The van der Waals surface area contributed by atoms with E-state index in [1.807, 2.05) is 13.1 Å². The molecular formula is C16H24N2O. The highest BCUT2D eigenvalue weighted by atomic mass is 16.2. The molecule has 1 atom stereocenters. The molecule has 1 heterocycles. The van der Waals surface area contributed by atoms with E-state index < -0.39 is 0 Å². The van der Waals surface area contributed by atoms with Gasteiger partial charge in [0.1, 0.15) is 0 Å². The van der Waals surface area contributed by atoms with Gasteiger partial charge >= 0.3 is 0 Å². The van der Waals surface area contributed by atoms with Crippen LogP contribution in [0.25, 0.3) is 0 Å². The summed E-state index contributed by atoms with van der Waals surface area (Å²) in [5, 5.41) is 3.43. The minimum absolute atomic E-state index is 0.200. The van der Waals surface area contributed by atoms with Crippen LogP contribution >= 0.6 is 0 Å². The fraction of sp³-hybridized carbons (Fsp3) is 0.562. The average molecular weight is 260 g/mol. The number of amides is 1. The number of carbonyl (C=O) groups excluding carboxylic acids is 1. The van der Waals surface area contributed by atoms with Gasteiger partial charge in [0, 0.05) is 25.2 Å². The smallest absolute Gasteiger partial charge is 0.228 e. The molecule has 0 aromatic heterocycles. The van der Waals surface area contributed by atoms with Crippen molar-refractivity contribution in [3.05, 3.63) is 29.3 Å². The summed E-state index contributed by atoms with van der Waals surface area (Å²) in [6.45, 7) is 5.18. The van der Waals surface area contributed by atoms with Crippen molar-refractivity contribution in [3.63, 3.8) is 0 Å². The zero-order valence-corrected chi connectivity index (χ0v) is 12.2. The van der Waals surface area contributed by atoms with Crippen LogP contribution in [0.3, 0.4) is 0 Å². The lowest BCUT2D eigenvalue weighted by Gasteiger charge is -2.26. The van der Waals surface area contributed by atoms with Crippen LogP contribution in [0.1, 0.15) is 36.8 Å². The Balaban J connectivity index is 2.01. The topological polar surface area (TPSA) is 32.3 Å². The second-order valence-corrected chi connectivity index (χ2v) is 5.59. The first-order chi connectivity index (χ1) is 9.08. The summed E-state index contributed by atoms with van der Waals surface area (Å²) in [4.78, 5) is 14.1. The van der Waals surface area contributed by atoms with Crippen LogP contribution < -0.4 is 10.2 Å². The van der Waals surface area contributed by atoms with Crippen LogP contribution in [0.4, 0.5) is 5.69 Å². The van der Waals surface area contributed by atoms with Crippen LogP contribution in [0.2, 0.25) is 0 Å². The first-order valence-corrected chi connectivity index (χ1v) is 7.15. The van der Waals surface area contributed by atoms with Crippen molar-refractivity contribution in [1.29, 1.82) is 0 Å². The van der Waals surface area contributed by atoms with E-state index >= 15 is 0 Å². The third-order valence-corrected chi connectivity index (χ3v) is 3.92. The Labute approximate surface area is 116 Å². The standard InChI is InChI=1S/C16H24N2O/c1-12-7-8-15(13(2)10-12)18(3)16(19)11-14-6-4-5-9-17-14/h7-8,10,14,17H,4-6,9,11H2,1-3H3. The van der Waals surface area contributed by atoms with Crippen LogP contribution in [-0.2, 0) is 4.79 Å². The number of rotatable bonds is 3. The molecule has 1 aliphatic heterocycles. The van der Waals surface area contributed by atoms with Crippen molar-refractivity contribution in [3.8, 4) is 0 Å². The van der Waals surface area contributed by atoms with Gasteiger partial charge in [-0.1, -0.05) is 24.1 Å². The van der Waals surface area contributed by atoms with E-state index in [4.69, 9.17) is 0 Å². The van der Waals surface area contributed by atoms with E-state index in [9.17, 15) is 4.79 Å². The average Bonchev–Trinajstić information content (AvgIpc) is 2.39. The molecule has 1 N–H and O–H groups in total. The quantitative estimate of drug-likeness (QED) is 0.906. The monoisotopic (exact) mass is 260 g/mol. The van der Waals surface area contributed by atoms with Crippen molar-refractivity contribution in [2.24, 2.45) is 0 Å². The first-order valence-electron chi connectivity index (χ1n) is 7.15. The lowest BCUT2D eigenvalue weighted by molar-refractivity contribution is -0.118. The fourth-order valence-corrected chi connectivity index (χ4v) is 2.76. The Hall–Kier alpha value is -1.35. The van der Waals surface area contributed by atoms with E-state index in [-0.39, 0.29) is 5.91 Å². The summed E-state index contributed by atoms with van der Waals surface area (Å²) < 4.78 is 0. The van der Waals surface area contributed by atoms with Crippen molar-refractivity contribution in [2.45, 2.75) is 45.6 Å². The Bertz CT molecular complexity index is 450. The molecule has 2 rings (SSSR count). The zero-order valence-electron chi connectivity index (χ0n) is 12.2. The fourth-order valence-electron chi connectivity index (χ4n) is 2.76. The van der Waals surface area contributed by atoms with Gasteiger partial charge in [-0.05, 0) is 44.9 Å². The number of aryl methyl sites for hydroxylation is 2. The van der Waals surface area contributed by atoms with Crippen molar-refractivity contribution >= 4 is 11.6 Å². The molecule has 104 valence electrons. The Morgan fingerprint density at radius 3 is 2.79 bits per heavy atom. The maximum Gasteiger partial charge on any atom is 0.228 e. The third-order valence-electron chi connectivity index (χ3n) is 3.92. The van der Waals surface area contributed by atoms with E-state index in [0.29, 0.717) is 12.5 Å². The van der Waals surface area contributed by atoms with Gasteiger partial charge in [0.25, 0.3) is 0 Å². The molecule has 0 bridgehead atoms. The number of anilines is 1. The second-order valence-electron chi connectivity index (χ2n) is 5.59. The maximum atomic E-state index is 12.3. The number of hydrogen-bond acceptors (Lipinski definition) is 2. The summed E-state index contributed by atoms with van der Waals surface area (Å²) >= 11 is 0. The molecule has 1 amide bonds. The molecule has 3 heteroatoms. The summed E-state index contributed by atoms with van der Waals surface area (Å²) in [6, 6.07) is 6.58. The van der Waals surface area contributed by atoms with Gasteiger partial charge in [-0.2, -0.15) is 0 Å². The number of nitrogens with zero attached hydrogens (tertiary/aromatic N) is 1. The highest BCUT2D eigenvalue weighted by Gasteiger charge is 2.20. The highest BCUT2D eigenvalue weighted by Crippen LogP contribution is 2.21. The largest absolute Gasteiger partial charge is 0.315 e. The summed E-state index contributed by atoms with van der Waals surface area (Å²) in [5.41, 5.74) is 3.41. The summed E-state index contributed by atoms with van der Waals surface area (Å²) in [7, 11) is 1.88. The maximum absolute atomic E-state index is 12.3. The first kappa shape index (κ1) is 14.1. The van der Waals surface area contributed by atoms with Gasteiger partial charge in [-0.15, -0.1) is 0 Å². The minimum atomic E-state index is 0.200. The van der Waals surface area contributed by atoms with Crippen LogP contribution in [-0.4, -0.2) is 25.5 Å². The number of carbonyl (C=O) groups is 1. The van der Waals surface area contributed by atoms with E-state index in [2.05, 4.69) is 31.3 Å². The van der Waals surface area contributed by atoms with Crippen molar-refractivity contribution < 1.29 is 4.79 Å². The highest BCUT2D eigenvalue weighted by molar-refractivity contribution is 5.93. The van der Waals surface area contributed by atoms with Crippen molar-refractivity contribution in [2.75, 3.05) is 18.5 Å². The third kappa shape index (κ3) is 3.57. The lowest BCUT2D eigenvalue weighted by Crippen LogP contribution is -2.39. The van der Waals surface area contributed by atoms with E-state index in [1.165, 1.54) is 18.4 Å². The molecule has 0 aliphatic carbocycles. The molecule has 1 saturated heterocycles. The normalized spacial score (nSPS) is 19.2. The summed E-state index contributed by atoms with van der Waals surface area (Å²) in [6.07, 6.45) is 4.19. The van der Waals surface area contributed by atoms with E-state index in [1.54, 1.807) is 4.90 Å². The number of hydrogen-bond donors (Lipinski definition) is 1. The molecule has 0 spiro atoms. The molecule has 1 aromatic carbocycles. The Morgan fingerprint density at radius 1 is 1.37 bits per heavy atom. The lowest BCUT2D eigenvalue weighted by atomic mass is 10.0. The van der Waals surface area contributed by atoms with Gasteiger partial charge in [-0.25, -0.2) is 0 Å². The van der Waals surface area contributed by atoms with E-state index in [0.717, 1.165) is 24.2 Å².